The van der Waals surface area contributed by atoms with Crippen LogP contribution in [0.15, 0.2) is 5.16 Å². The molecule has 1 aromatic heterocycles. The quantitative estimate of drug-likeness (QED) is 0.286. The molecule has 0 aliphatic rings. The second-order valence-corrected chi connectivity index (χ2v) is 4.78. The lowest BCUT2D eigenvalue weighted by molar-refractivity contribution is -0.141. The van der Waals surface area contributed by atoms with Crippen LogP contribution in [0.4, 0.5) is 9.93 Å². The van der Waals surface area contributed by atoms with E-state index in [0.717, 1.165) is 18.0 Å². The molecule has 1 heterocycles. The Morgan fingerprint density at radius 1 is 1.38 bits per heavy atom. The van der Waals surface area contributed by atoms with E-state index < -0.39 is 12.1 Å². The van der Waals surface area contributed by atoms with Gasteiger partial charge < -0.3 is 19.7 Å². The van der Waals surface area contributed by atoms with Gasteiger partial charge in [0.05, 0.1) is 6.61 Å². The van der Waals surface area contributed by atoms with Gasteiger partial charge in [-0.2, -0.15) is 9.36 Å². The van der Waals surface area contributed by atoms with Crippen LogP contribution in [0.25, 0.3) is 0 Å². The second kappa shape index (κ2) is 10.9. The third-order valence-corrected chi connectivity index (χ3v) is 2.90. The molecule has 24 heavy (non-hydrogen) atoms. The standard InChI is InChI=1S/C12H17N5O6S/c1-3-5-6-21-12(20)16-23-10(19)8(15-22-4-2)9-14-11(13-7-18)24-17-9/h7H,3-6H2,1-2H3,(H,16,20)(H,13,14,17,18). The number of amides is 2. The summed E-state index contributed by atoms with van der Waals surface area (Å²) in [7, 11) is 0. The molecule has 0 radical (unpaired) electrons. The normalized spacial score (nSPS) is 10.7. The Morgan fingerprint density at radius 3 is 2.83 bits per heavy atom. The van der Waals surface area contributed by atoms with Crippen molar-refractivity contribution in [1.29, 1.82) is 0 Å². The van der Waals surface area contributed by atoms with Crippen LogP contribution in [0.3, 0.4) is 0 Å². The van der Waals surface area contributed by atoms with Crippen molar-refractivity contribution in [2.75, 3.05) is 18.5 Å². The summed E-state index contributed by atoms with van der Waals surface area (Å²) < 4.78 is 8.61. The number of aromatic nitrogens is 2. The first kappa shape index (κ1) is 19.3. The third-order valence-electron chi connectivity index (χ3n) is 2.26. The fraction of sp³-hybridized carbons (Fsp3) is 0.500. The van der Waals surface area contributed by atoms with Crippen molar-refractivity contribution < 1.29 is 28.8 Å². The van der Waals surface area contributed by atoms with Gasteiger partial charge in [0.25, 0.3) is 0 Å². The van der Waals surface area contributed by atoms with Gasteiger partial charge in [0.15, 0.2) is 0 Å². The van der Waals surface area contributed by atoms with Crippen molar-refractivity contribution in [3.63, 3.8) is 0 Å². The Kier molecular flexibility index (Phi) is 8.74. The van der Waals surface area contributed by atoms with Crippen LogP contribution in [0, 0.1) is 0 Å². The minimum absolute atomic E-state index is 0.121. The Labute approximate surface area is 141 Å². The number of unbranched alkanes of at least 4 members (excludes halogenated alkanes) is 1. The molecule has 0 spiro atoms. The average molecular weight is 359 g/mol. The van der Waals surface area contributed by atoms with Gasteiger partial charge in [0, 0.05) is 11.5 Å². The molecule has 0 fully saturated rings. The molecule has 0 aromatic carbocycles. The number of nitrogens with one attached hydrogen (secondary N) is 2. The molecule has 2 amide bonds. The van der Waals surface area contributed by atoms with Crippen LogP contribution < -0.4 is 10.8 Å². The Bertz CT molecular complexity index is 590. The van der Waals surface area contributed by atoms with E-state index in [1.54, 1.807) is 6.92 Å². The minimum Gasteiger partial charge on any atom is -0.447 e. The lowest BCUT2D eigenvalue weighted by atomic mass is 10.4. The highest BCUT2D eigenvalue weighted by atomic mass is 32.1. The van der Waals surface area contributed by atoms with Crippen LogP contribution in [0.2, 0.25) is 0 Å². The molecule has 0 saturated carbocycles. The number of carbonyl (C=O) groups is 3. The molecule has 0 aliphatic carbocycles. The van der Waals surface area contributed by atoms with E-state index in [0.29, 0.717) is 12.8 Å². The highest BCUT2D eigenvalue weighted by Crippen LogP contribution is 2.11. The predicted molar refractivity (Wildman–Crippen MR) is 83.2 cm³/mol. The van der Waals surface area contributed by atoms with Gasteiger partial charge in [-0.1, -0.05) is 18.5 Å². The SMILES string of the molecule is CCCCOC(=O)NOC(=O)C(=NOCC)c1nsc(NC=O)n1. The fourth-order valence-corrected chi connectivity index (χ4v) is 1.73. The summed E-state index contributed by atoms with van der Waals surface area (Å²) in [4.78, 5) is 46.9. The number of hydrogen-bond acceptors (Lipinski definition) is 10. The molecule has 12 heteroatoms. The number of nitrogens with zero attached hydrogens (tertiary/aromatic N) is 3. The highest BCUT2D eigenvalue weighted by molar-refractivity contribution is 7.10. The van der Waals surface area contributed by atoms with E-state index in [1.807, 2.05) is 12.4 Å². The molecule has 0 unspecified atom stereocenters. The summed E-state index contributed by atoms with van der Waals surface area (Å²) in [6.07, 6.45) is 1.04. The van der Waals surface area contributed by atoms with Crippen LogP contribution >= 0.6 is 11.5 Å². The van der Waals surface area contributed by atoms with Crippen LogP contribution in [0.1, 0.15) is 32.5 Å². The summed E-state index contributed by atoms with van der Waals surface area (Å²) in [6.45, 7) is 3.98. The molecule has 0 saturated heterocycles. The van der Waals surface area contributed by atoms with Crippen molar-refractivity contribution in [2.24, 2.45) is 5.16 Å². The average Bonchev–Trinajstić information content (AvgIpc) is 3.02. The molecule has 2 N–H and O–H groups in total. The van der Waals surface area contributed by atoms with Gasteiger partial charge in [-0.05, 0) is 13.3 Å². The number of carbonyl (C=O) groups excluding carboxylic acids is 3. The number of ether oxygens (including phenoxy) is 1. The monoisotopic (exact) mass is 359 g/mol. The zero-order valence-electron chi connectivity index (χ0n) is 13.1. The van der Waals surface area contributed by atoms with Crippen LogP contribution in [-0.4, -0.2) is 46.8 Å². The first-order valence-corrected chi connectivity index (χ1v) is 7.77. The fourth-order valence-electron chi connectivity index (χ4n) is 1.20. The van der Waals surface area contributed by atoms with E-state index in [1.165, 1.54) is 0 Å². The third kappa shape index (κ3) is 6.56. The molecule has 132 valence electrons. The Morgan fingerprint density at radius 2 is 2.17 bits per heavy atom. The summed E-state index contributed by atoms with van der Waals surface area (Å²) in [5, 5.41) is 5.99. The molecular weight excluding hydrogens is 342 g/mol. The highest BCUT2D eigenvalue weighted by Gasteiger charge is 2.23. The molecule has 1 rings (SSSR count). The van der Waals surface area contributed by atoms with E-state index in [2.05, 4.69) is 24.7 Å². The van der Waals surface area contributed by atoms with Crippen molar-refractivity contribution in [3.8, 4) is 0 Å². The zero-order chi connectivity index (χ0) is 17.8. The Balaban J connectivity index is 2.68. The van der Waals surface area contributed by atoms with Crippen molar-refractivity contribution in [3.05, 3.63) is 5.82 Å². The minimum atomic E-state index is -1.05. The summed E-state index contributed by atoms with van der Waals surface area (Å²) in [6, 6.07) is 0. The summed E-state index contributed by atoms with van der Waals surface area (Å²) in [5.74, 6) is -1.17. The maximum atomic E-state index is 12.0. The molecule has 0 bridgehead atoms. The molecule has 1 aromatic rings. The lowest BCUT2D eigenvalue weighted by Crippen LogP contribution is -2.32. The van der Waals surface area contributed by atoms with Crippen LogP contribution in [0.5, 0.6) is 0 Å². The maximum absolute atomic E-state index is 12.0. The van der Waals surface area contributed by atoms with Gasteiger partial charge in [0.2, 0.25) is 23.1 Å². The lowest BCUT2D eigenvalue weighted by Gasteiger charge is -2.06. The van der Waals surface area contributed by atoms with Gasteiger partial charge in [-0.3, -0.25) is 4.79 Å². The van der Waals surface area contributed by atoms with E-state index in [4.69, 9.17) is 9.57 Å². The first-order valence-electron chi connectivity index (χ1n) is 7.00. The van der Waals surface area contributed by atoms with Gasteiger partial charge in [-0.15, -0.1) is 5.48 Å². The van der Waals surface area contributed by atoms with Crippen molar-refractivity contribution in [2.45, 2.75) is 26.7 Å². The second-order valence-electron chi connectivity index (χ2n) is 4.02. The van der Waals surface area contributed by atoms with Gasteiger partial charge in [-0.25, -0.2) is 9.59 Å². The number of hydrogen-bond donors (Lipinski definition) is 2. The smallest absolute Gasteiger partial charge is 0.440 e. The topological polar surface area (TPSA) is 141 Å². The number of hydroxylamine groups is 1. The molecule has 11 nitrogen and oxygen atoms in total. The summed E-state index contributed by atoms with van der Waals surface area (Å²) in [5.41, 5.74) is 1.45. The van der Waals surface area contributed by atoms with E-state index in [-0.39, 0.29) is 29.9 Å². The number of rotatable bonds is 9. The van der Waals surface area contributed by atoms with Crippen molar-refractivity contribution >= 4 is 40.8 Å². The summed E-state index contributed by atoms with van der Waals surface area (Å²) >= 11 is 0.832. The Hall–Kier alpha value is -2.76. The van der Waals surface area contributed by atoms with E-state index in [9.17, 15) is 14.4 Å². The van der Waals surface area contributed by atoms with Crippen LogP contribution in [-0.2, 0) is 24.0 Å². The van der Waals surface area contributed by atoms with E-state index >= 15 is 0 Å². The van der Waals surface area contributed by atoms with Gasteiger partial charge >= 0.3 is 12.1 Å². The van der Waals surface area contributed by atoms with Crippen molar-refractivity contribution in [1.82, 2.24) is 14.8 Å². The maximum Gasteiger partial charge on any atom is 0.440 e. The number of anilines is 1. The number of oxime groups is 1. The predicted octanol–water partition coefficient (Wildman–Crippen LogP) is 0.832. The van der Waals surface area contributed by atoms with Gasteiger partial charge in [0.1, 0.15) is 6.61 Å². The first-order chi connectivity index (χ1) is 11.6. The molecular formula is C12H17N5O6S. The molecule has 0 aliphatic heterocycles. The molecule has 0 atom stereocenters. The zero-order valence-corrected chi connectivity index (χ0v) is 13.9. The largest absolute Gasteiger partial charge is 0.447 e.